The van der Waals surface area contributed by atoms with Gasteiger partial charge in [0.1, 0.15) is 11.6 Å². The Labute approximate surface area is 161 Å². The summed E-state index contributed by atoms with van der Waals surface area (Å²) in [5, 5.41) is 19.8. The lowest BCUT2D eigenvalue weighted by Gasteiger charge is -2.04. The lowest BCUT2D eigenvalue weighted by molar-refractivity contribution is -0.116. The zero-order valence-electron chi connectivity index (χ0n) is 13.3. The number of anilines is 1. The molecule has 0 unspecified atom stereocenters. The summed E-state index contributed by atoms with van der Waals surface area (Å²) < 4.78 is 3.83. The fourth-order valence-corrected chi connectivity index (χ4v) is 2.68. The fourth-order valence-electron chi connectivity index (χ4n) is 2.22. The molecule has 0 aliphatic heterocycles. The van der Waals surface area contributed by atoms with Crippen LogP contribution in [0.15, 0.2) is 47.3 Å². The minimum atomic E-state index is -1.11. The molecule has 1 amide bonds. The largest absolute Gasteiger partial charge is 0.478 e. The molecule has 8 nitrogen and oxygen atoms in total. The second-order valence-corrected chi connectivity index (χ2v) is 6.75. The number of hydrogen-bond donors (Lipinski definition) is 2. The molecule has 0 spiro atoms. The smallest absolute Gasteiger partial charge is 0.338 e. The molecule has 10 heteroatoms. The van der Waals surface area contributed by atoms with Crippen molar-refractivity contribution in [3.05, 3.63) is 63.5 Å². The van der Waals surface area contributed by atoms with E-state index in [4.69, 9.17) is 16.7 Å². The quantitative estimate of drug-likeness (QED) is 0.616. The average molecular weight is 439 g/mol. The number of nitrogens with zero attached hydrogens (tertiary/aromatic N) is 4. The van der Waals surface area contributed by atoms with Gasteiger partial charge in [0.05, 0.1) is 18.3 Å². The van der Waals surface area contributed by atoms with E-state index in [1.165, 1.54) is 17.1 Å². The van der Waals surface area contributed by atoms with Crippen molar-refractivity contribution >= 4 is 45.2 Å². The number of aromatic nitrogens is 4. The van der Waals surface area contributed by atoms with Crippen molar-refractivity contribution in [2.45, 2.75) is 13.1 Å². The van der Waals surface area contributed by atoms with E-state index >= 15 is 0 Å². The van der Waals surface area contributed by atoms with E-state index in [1.54, 1.807) is 10.9 Å². The number of aromatic carboxylic acids is 1. The first-order valence-electron chi connectivity index (χ1n) is 7.43. The van der Waals surface area contributed by atoms with Crippen LogP contribution >= 0.6 is 27.5 Å². The van der Waals surface area contributed by atoms with Crippen LogP contribution in [0.4, 0.5) is 5.82 Å². The molecule has 2 N–H and O–H groups in total. The molecule has 1 aromatic carbocycles. The van der Waals surface area contributed by atoms with Crippen molar-refractivity contribution in [3.63, 3.8) is 0 Å². The summed E-state index contributed by atoms with van der Waals surface area (Å²) in [6, 6.07) is 7.77. The van der Waals surface area contributed by atoms with Crippen LogP contribution in [-0.4, -0.2) is 36.5 Å². The van der Waals surface area contributed by atoms with Gasteiger partial charge in [0, 0.05) is 16.9 Å². The van der Waals surface area contributed by atoms with Crippen molar-refractivity contribution < 1.29 is 14.7 Å². The Morgan fingerprint density at radius 2 is 1.92 bits per heavy atom. The number of halogens is 2. The molecule has 0 atom stereocenters. The van der Waals surface area contributed by atoms with Crippen LogP contribution in [0.5, 0.6) is 0 Å². The number of rotatable bonds is 6. The van der Waals surface area contributed by atoms with E-state index in [-0.39, 0.29) is 17.9 Å². The standard InChI is InChI=1S/C16H13BrClN5O3/c17-12-3-1-10(2-4-12)6-23-8-13(18)15(21-23)20-14(24)9-22-7-11(5-19-22)16(25)26/h1-5,7-8H,6,9H2,(H,25,26)(H,20,21,24). The molecule has 0 fully saturated rings. The van der Waals surface area contributed by atoms with Gasteiger partial charge in [0.25, 0.3) is 0 Å². The number of amides is 1. The predicted octanol–water partition coefficient (Wildman–Crippen LogP) is 2.88. The van der Waals surface area contributed by atoms with Crippen molar-refractivity contribution in [2.75, 3.05) is 5.32 Å². The minimum Gasteiger partial charge on any atom is -0.478 e. The minimum absolute atomic E-state index is 0.00890. The van der Waals surface area contributed by atoms with E-state index in [0.29, 0.717) is 11.6 Å². The normalized spacial score (nSPS) is 10.7. The van der Waals surface area contributed by atoms with Gasteiger partial charge >= 0.3 is 5.97 Å². The molecule has 0 aliphatic rings. The molecule has 3 aromatic rings. The van der Waals surface area contributed by atoms with Crippen LogP contribution in [0.1, 0.15) is 15.9 Å². The van der Waals surface area contributed by atoms with Gasteiger partial charge in [-0.15, -0.1) is 0 Å². The second kappa shape index (κ2) is 7.71. The number of carbonyl (C=O) groups is 2. The zero-order valence-corrected chi connectivity index (χ0v) is 15.6. The first-order valence-corrected chi connectivity index (χ1v) is 8.61. The number of nitrogens with one attached hydrogen (secondary N) is 1. The van der Waals surface area contributed by atoms with Crippen LogP contribution in [0, 0.1) is 0 Å². The van der Waals surface area contributed by atoms with Crippen LogP contribution in [0.3, 0.4) is 0 Å². The maximum Gasteiger partial charge on any atom is 0.338 e. The summed E-state index contributed by atoms with van der Waals surface area (Å²) in [6.07, 6.45) is 4.07. The fraction of sp³-hybridized carbons (Fsp3) is 0.125. The molecule has 26 heavy (non-hydrogen) atoms. The molecule has 0 radical (unpaired) electrons. The Morgan fingerprint density at radius 1 is 1.19 bits per heavy atom. The first-order chi connectivity index (χ1) is 12.4. The molecule has 0 saturated heterocycles. The third kappa shape index (κ3) is 4.50. The summed E-state index contributed by atoms with van der Waals surface area (Å²) in [5.41, 5.74) is 1.04. The number of benzene rings is 1. The Balaban J connectivity index is 1.63. The zero-order chi connectivity index (χ0) is 18.7. The van der Waals surface area contributed by atoms with E-state index in [9.17, 15) is 9.59 Å². The highest BCUT2D eigenvalue weighted by atomic mass is 79.9. The van der Waals surface area contributed by atoms with E-state index < -0.39 is 11.9 Å². The lowest BCUT2D eigenvalue weighted by Crippen LogP contribution is -2.19. The third-order valence-corrected chi connectivity index (χ3v) is 4.22. The SMILES string of the molecule is O=C(Cn1cc(C(=O)O)cn1)Nc1nn(Cc2ccc(Br)cc2)cc1Cl. The second-order valence-electron chi connectivity index (χ2n) is 5.43. The topological polar surface area (TPSA) is 102 Å². The molecule has 2 aromatic heterocycles. The highest BCUT2D eigenvalue weighted by molar-refractivity contribution is 9.10. The number of carboxylic acids is 1. The summed E-state index contributed by atoms with van der Waals surface area (Å²) in [5.74, 6) is -1.29. The highest BCUT2D eigenvalue weighted by Gasteiger charge is 2.13. The molecule has 0 bridgehead atoms. The molecule has 3 rings (SSSR count). The van der Waals surface area contributed by atoms with Crippen molar-refractivity contribution in [2.24, 2.45) is 0 Å². The molecule has 2 heterocycles. The Hall–Kier alpha value is -2.65. The maximum atomic E-state index is 12.1. The summed E-state index contributed by atoms with van der Waals surface area (Å²) in [7, 11) is 0. The maximum absolute atomic E-state index is 12.1. The van der Waals surface area contributed by atoms with Gasteiger partial charge in [-0.1, -0.05) is 39.7 Å². The molecular weight excluding hydrogens is 426 g/mol. The van der Waals surface area contributed by atoms with E-state index in [1.807, 2.05) is 24.3 Å². The first kappa shape index (κ1) is 18.2. The monoisotopic (exact) mass is 437 g/mol. The van der Waals surface area contributed by atoms with Gasteiger partial charge in [-0.05, 0) is 17.7 Å². The Kier molecular flexibility index (Phi) is 5.38. The Morgan fingerprint density at radius 3 is 2.58 bits per heavy atom. The van der Waals surface area contributed by atoms with Crippen molar-refractivity contribution in [3.8, 4) is 0 Å². The van der Waals surface area contributed by atoms with Gasteiger partial charge in [-0.3, -0.25) is 14.2 Å². The van der Waals surface area contributed by atoms with Crippen LogP contribution in [-0.2, 0) is 17.9 Å². The van der Waals surface area contributed by atoms with Gasteiger partial charge < -0.3 is 10.4 Å². The summed E-state index contributed by atoms with van der Waals surface area (Å²) in [6.45, 7) is 0.354. The molecule has 0 aliphatic carbocycles. The molecule has 134 valence electrons. The Bertz CT molecular complexity index is 951. The van der Waals surface area contributed by atoms with Gasteiger partial charge in [0.2, 0.25) is 5.91 Å². The third-order valence-electron chi connectivity index (χ3n) is 3.42. The lowest BCUT2D eigenvalue weighted by atomic mass is 10.2. The van der Waals surface area contributed by atoms with Crippen LogP contribution in [0.25, 0.3) is 0 Å². The number of carboxylic acid groups (broad SMARTS) is 1. The highest BCUT2D eigenvalue weighted by Crippen LogP contribution is 2.20. The summed E-state index contributed by atoms with van der Waals surface area (Å²) >= 11 is 9.50. The molecular formula is C16H13BrClN5O3. The van der Waals surface area contributed by atoms with Crippen molar-refractivity contribution in [1.82, 2.24) is 19.6 Å². The summed E-state index contributed by atoms with van der Waals surface area (Å²) in [4.78, 5) is 22.9. The average Bonchev–Trinajstić information content (AvgIpc) is 3.17. The molecule has 0 saturated carbocycles. The predicted molar refractivity (Wildman–Crippen MR) is 98.3 cm³/mol. The number of carbonyl (C=O) groups excluding carboxylic acids is 1. The van der Waals surface area contributed by atoms with Gasteiger partial charge in [-0.25, -0.2) is 4.79 Å². The van der Waals surface area contributed by atoms with Gasteiger partial charge in [-0.2, -0.15) is 10.2 Å². The van der Waals surface area contributed by atoms with Gasteiger partial charge in [0.15, 0.2) is 5.82 Å². The van der Waals surface area contributed by atoms with E-state index in [2.05, 4.69) is 31.4 Å². The van der Waals surface area contributed by atoms with Crippen LogP contribution < -0.4 is 5.32 Å². The van der Waals surface area contributed by atoms with Crippen molar-refractivity contribution in [1.29, 1.82) is 0 Å². The number of hydrogen-bond acceptors (Lipinski definition) is 4. The van der Waals surface area contributed by atoms with E-state index in [0.717, 1.165) is 10.0 Å². The van der Waals surface area contributed by atoms with Crippen LogP contribution in [0.2, 0.25) is 5.02 Å².